The number of carbonyl (C=O) groups is 4. The Bertz CT molecular complexity index is 1790. The Labute approximate surface area is 315 Å². The van der Waals surface area contributed by atoms with Crippen molar-refractivity contribution in [2.75, 3.05) is 39.6 Å². The summed E-state index contributed by atoms with van der Waals surface area (Å²) in [5.41, 5.74) is 2.35. The van der Waals surface area contributed by atoms with Crippen molar-refractivity contribution in [2.45, 2.75) is 72.4 Å². The first-order valence-corrected chi connectivity index (χ1v) is 19.8. The van der Waals surface area contributed by atoms with Gasteiger partial charge in [-0.25, -0.2) is 4.79 Å². The third kappa shape index (κ3) is 11.7. The molecular weight excluding hydrogens is 719 g/mol. The summed E-state index contributed by atoms with van der Waals surface area (Å²) in [5.74, 6) is -2.27. The van der Waals surface area contributed by atoms with Gasteiger partial charge in [0.2, 0.25) is 12.3 Å². The lowest BCUT2D eigenvalue weighted by atomic mass is 9.90. The number of amides is 3. The Morgan fingerprint density at radius 3 is 2.43 bits per heavy atom. The highest BCUT2D eigenvalue weighted by Gasteiger charge is 2.34. The molecule has 0 radical (unpaired) electrons. The molecule has 4 rings (SSSR count). The van der Waals surface area contributed by atoms with Crippen LogP contribution in [0.15, 0.2) is 52.9 Å². The molecule has 0 saturated carbocycles. The summed E-state index contributed by atoms with van der Waals surface area (Å²) in [7, 11) is -4.61. The summed E-state index contributed by atoms with van der Waals surface area (Å²) < 4.78 is 28.5. The normalized spacial score (nSPS) is 14.5. The van der Waals surface area contributed by atoms with Crippen LogP contribution in [0, 0.1) is 12.8 Å². The van der Waals surface area contributed by atoms with Gasteiger partial charge >= 0.3 is 13.6 Å². The smallest absolute Gasteiger partial charge is 0.363 e. The van der Waals surface area contributed by atoms with E-state index in [0.717, 1.165) is 43.1 Å². The van der Waals surface area contributed by atoms with Gasteiger partial charge in [-0.1, -0.05) is 45.2 Å². The molecular formula is C38H51N4O11P. The summed E-state index contributed by atoms with van der Waals surface area (Å²) >= 11 is 0. The second-order valence-electron chi connectivity index (χ2n) is 13.0. The van der Waals surface area contributed by atoms with Gasteiger partial charge in [0.25, 0.3) is 5.91 Å². The average Bonchev–Trinajstić information content (AvgIpc) is 3.65. The first-order chi connectivity index (χ1) is 25.9. The SMILES string of the molecule is CCCCCC(C(=O)NCNC(=O)c1ccc(-c2cc(OCC)cc(P(=O)(O)O)c2)o1)C(CC)N(C=O)OC(=O)c1ccc(CN2CCOCC2)cc1C. The maximum atomic E-state index is 13.6. The highest BCUT2D eigenvalue weighted by Crippen LogP contribution is 2.37. The first-order valence-electron chi connectivity index (χ1n) is 18.2. The van der Waals surface area contributed by atoms with E-state index in [0.29, 0.717) is 55.6 Å². The second-order valence-corrected chi connectivity index (χ2v) is 14.6. The molecule has 1 aromatic heterocycles. The fourth-order valence-electron chi connectivity index (χ4n) is 6.33. The van der Waals surface area contributed by atoms with E-state index < -0.39 is 37.3 Å². The van der Waals surface area contributed by atoms with Gasteiger partial charge in [-0.2, -0.15) is 5.06 Å². The number of nitrogens with zero attached hydrogens (tertiary/aromatic N) is 2. The predicted octanol–water partition coefficient (Wildman–Crippen LogP) is 4.30. The number of hydroxylamine groups is 2. The van der Waals surface area contributed by atoms with E-state index in [2.05, 4.69) is 15.5 Å². The number of morpholine rings is 1. The summed E-state index contributed by atoms with van der Waals surface area (Å²) in [6, 6.07) is 11.6. The molecule has 15 nitrogen and oxygen atoms in total. The Kier molecular flexibility index (Phi) is 15.8. The quantitative estimate of drug-likeness (QED) is 0.0419. The van der Waals surface area contributed by atoms with E-state index in [1.165, 1.54) is 30.3 Å². The van der Waals surface area contributed by atoms with Gasteiger partial charge in [0.15, 0.2) is 5.76 Å². The number of furan rings is 1. The molecule has 0 aliphatic carbocycles. The first kappa shape index (κ1) is 42.2. The average molecular weight is 771 g/mol. The number of hydrogen-bond donors (Lipinski definition) is 4. The van der Waals surface area contributed by atoms with Gasteiger partial charge in [-0.3, -0.25) is 23.8 Å². The molecule has 2 unspecified atom stereocenters. The van der Waals surface area contributed by atoms with E-state index in [-0.39, 0.29) is 35.9 Å². The molecule has 4 N–H and O–H groups in total. The maximum Gasteiger partial charge on any atom is 0.363 e. The number of carbonyl (C=O) groups excluding carboxylic acids is 4. The topological polar surface area (TPSA) is 197 Å². The highest BCUT2D eigenvalue weighted by molar-refractivity contribution is 7.60. The van der Waals surface area contributed by atoms with E-state index in [9.17, 15) is 33.5 Å². The molecule has 1 saturated heterocycles. The minimum Gasteiger partial charge on any atom is -0.494 e. The number of rotatable bonds is 20. The molecule has 3 aromatic rings. The number of ether oxygens (including phenoxy) is 2. The van der Waals surface area contributed by atoms with Crippen LogP contribution in [-0.2, 0) is 30.3 Å². The summed E-state index contributed by atoms with van der Waals surface area (Å²) in [6.07, 6.45) is 3.56. The molecule has 2 heterocycles. The fraction of sp³-hybridized carbons (Fsp3) is 0.474. The van der Waals surface area contributed by atoms with Crippen LogP contribution in [0.2, 0.25) is 0 Å². The minimum atomic E-state index is -4.61. The number of aryl methyl sites for hydroxylation is 1. The molecule has 2 atom stereocenters. The van der Waals surface area contributed by atoms with Crippen LogP contribution in [0.5, 0.6) is 5.75 Å². The van der Waals surface area contributed by atoms with Crippen LogP contribution in [0.3, 0.4) is 0 Å². The molecule has 16 heteroatoms. The number of benzene rings is 2. The lowest BCUT2D eigenvalue weighted by Crippen LogP contribution is -2.49. The molecule has 1 aliphatic rings. The molecule has 2 aromatic carbocycles. The van der Waals surface area contributed by atoms with Crippen LogP contribution < -0.4 is 20.7 Å². The van der Waals surface area contributed by atoms with Crippen LogP contribution >= 0.6 is 7.60 Å². The summed E-state index contributed by atoms with van der Waals surface area (Å²) in [6.45, 7) is 11.1. The minimum absolute atomic E-state index is 0.104. The zero-order valence-corrected chi connectivity index (χ0v) is 32.1. The van der Waals surface area contributed by atoms with Gasteiger partial charge in [0, 0.05) is 25.2 Å². The second kappa shape index (κ2) is 20.2. The molecule has 0 spiro atoms. The zero-order chi connectivity index (χ0) is 39.3. The van der Waals surface area contributed by atoms with Gasteiger partial charge in [-0.15, -0.1) is 0 Å². The third-order valence-corrected chi connectivity index (χ3v) is 10.1. The predicted molar refractivity (Wildman–Crippen MR) is 200 cm³/mol. The molecule has 1 fully saturated rings. The molecule has 294 valence electrons. The lowest BCUT2D eigenvalue weighted by molar-refractivity contribution is -0.171. The third-order valence-electron chi connectivity index (χ3n) is 9.14. The number of nitrogens with one attached hydrogen (secondary N) is 2. The van der Waals surface area contributed by atoms with Crippen LogP contribution in [0.25, 0.3) is 11.3 Å². The van der Waals surface area contributed by atoms with Crippen molar-refractivity contribution in [3.8, 4) is 17.1 Å². The van der Waals surface area contributed by atoms with Crippen molar-refractivity contribution >= 4 is 37.1 Å². The number of hydrogen-bond acceptors (Lipinski definition) is 10. The van der Waals surface area contributed by atoms with Crippen molar-refractivity contribution in [1.82, 2.24) is 20.6 Å². The summed E-state index contributed by atoms with van der Waals surface area (Å²) in [4.78, 5) is 79.6. The van der Waals surface area contributed by atoms with Crippen molar-refractivity contribution in [1.29, 1.82) is 0 Å². The van der Waals surface area contributed by atoms with E-state index in [4.69, 9.17) is 18.7 Å². The summed E-state index contributed by atoms with van der Waals surface area (Å²) in [5, 5.41) is 5.95. The van der Waals surface area contributed by atoms with Gasteiger partial charge in [0.1, 0.15) is 11.5 Å². The van der Waals surface area contributed by atoms with E-state index in [1.54, 1.807) is 19.9 Å². The van der Waals surface area contributed by atoms with Crippen LogP contribution in [0.4, 0.5) is 0 Å². The maximum absolute atomic E-state index is 13.6. The van der Waals surface area contributed by atoms with Crippen LogP contribution in [-0.4, -0.2) is 89.6 Å². The lowest BCUT2D eigenvalue weighted by Gasteiger charge is -2.32. The zero-order valence-electron chi connectivity index (χ0n) is 31.2. The number of unbranched alkanes of at least 4 members (excludes halogenated alkanes) is 2. The van der Waals surface area contributed by atoms with Crippen molar-refractivity contribution < 1.29 is 52.3 Å². The Hall–Kier alpha value is -4.53. The van der Waals surface area contributed by atoms with E-state index in [1.807, 2.05) is 26.0 Å². The highest BCUT2D eigenvalue weighted by atomic mass is 31.2. The largest absolute Gasteiger partial charge is 0.494 e. The van der Waals surface area contributed by atoms with E-state index >= 15 is 0 Å². The molecule has 54 heavy (non-hydrogen) atoms. The molecule has 1 aliphatic heterocycles. The Balaban J connectivity index is 1.40. The van der Waals surface area contributed by atoms with Crippen molar-refractivity contribution in [3.63, 3.8) is 0 Å². The van der Waals surface area contributed by atoms with Crippen molar-refractivity contribution in [2.24, 2.45) is 5.92 Å². The monoisotopic (exact) mass is 770 g/mol. The standard InChI is InChI=1S/C38H51N4O11P/c1-5-8-9-10-32(33(6-2)42(25-43)53-38(46)31-12-11-27(19-26(31)4)23-41-15-17-50-18-16-41)36(44)39-24-40-37(45)35-14-13-34(52-35)28-20-29(51-7-3)22-30(21-28)54(47,48)49/h11-14,19-22,25,32-33H,5-10,15-18,23-24H2,1-4H3,(H,39,44)(H,40,45)(H2,47,48,49). The molecule has 3 amide bonds. The van der Waals surface area contributed by atoms with Gasteiger partial charge in [-0.05, 0) is 74.2 Å². The fourth-order valence-corrected chi connectivity index (χ4v) is 6.93. The Morgan fingerprint density at radius 1 is 1.02 bits per heavy atom. The van der Waals surface area contributed by atoms with Gasteiger partial charge < -0.3 is 39.1 Å². The van der Waals surface area contributed by atoms with Gasteiger partial charge in [0.05, 0.1) is 49.3 Å². The molecule has 0 bridgehead atoms. The van der Waals surface area contributed by atoms with Crippen LogP contribution in [0.1, 0.15) is 84.9 Å². The Morgan fingerprint density at radius 2 is 1.78 bits per heavy atom. The van der Waals surface area contributed by atoms with Crippen molar-refractivity contribution in [3.05, 3.63) is 71.0 Å².